The molecule has 0 fully saturated rings. The molecule has 3 nitrogen and oxygen atoms in total. The molecule has 0 aromatic carbocycles. The number of ether oxygens (including phenoxy) is 2. The third-order valence-electron chi connectivity index (χ3n) is 2.36. The van der Waals surface area contributed by atoms with Gasteiger partial charge < -0.3 is 14.8 Å². The van der Waals surface area contributed by atoms with Crippen LogP contribution in [-0.2, 0) is 9.47 Å². The average molecular weight is 203 g/mol. The van der Waals surface area contributed by atoms with Crippen LogP contribution >= 0.6 is 0 Å². The first-order valence-corrected chi connectivity index (χ1v) is 5.56. The maximum atomic E-state index is 5.38. The maximum absolute atomic E-state index is 5.38. The summed E-state index contributed by atoms with van der Waals surface area (Å²) in [6, 6.07) is 0.408. The number of methoxy groups -OCH3 is 1. The highest BCUT2D eigenvalue weighted by molar-refractivity contribution is 4.67. The molecule has 0 aliphatic carbocycles. The molecule has 0 rings (SSSR count). The van der Waals surface area contributed by atoms with Crippen LogP contribution < -0.4 is 5.32 Å². The topological polar surface area (TPSA) is 30.5 Å². The molecule has 0 saturated carbocycles. The lowest BCUT2D eigenvalue weighted by molar-refractivity contribution is 0.0860. The van der Waals surface area contributed by atoms with E-state index in [-0.39, 0.29) is 6.10 Å². The Morgan fingerprint density at radius 1 is 1.21 bits per heavy atom. The van der Waals surface area contributed by atoms with Crippen molar-refractivity contribution in [1.29, 1.82) is 0 Å². The first-order chi connectivity index (χ1) is 6.72. The molecule has 0 bridgehead atoms. The van der Waals surface area contributed by atoms with E-state index in [1.807, 2.05) is 0 Å². The molecule has 14 heavy (non-hydrogen) atoms. The van der Waals surface area contributed by atoms with Gasteiger partial charge in [0.05, 0.1) is 6.10 Å². The maximum Gasteiger partial charge on any atom is 0.0693 e. The van der Waals surface area contributed by atoms with Crippen molar-refractivity contribution in [2.45, 2.75) is 45.8 Å². The van der Waals surface area contributed by atoms with Crippen LogP contribution in [0.25, 0.3) is 0 Å². The Morgan fingerprint density at radius 2 is 1.93 bits per heavy atom. The van der Waals surface area contributed by atoms with Gasteiger partial charge in [-0.3, -0.25) is 0 Å². The molecule has 0 aliphatic rings. The van der Waals surface area contributed by atoms with E-state index in [0.717, 1.165) is 32.6 Å². The van der Waals surface area contributed by atoms with Crippen LogP contribution in [0, 0.1) is 0 Å². The van der Waals surface area contributed by atoms with E-state index in [1.165, 1.54) is 0 Å². The lowest BCUT2D eigenvalue weighted by Crippen LogP contribution is -2.37. The van der Waals surface area contributed by atoms with Gasteiger partial charge in [-0.15, -0.1) is 0 Å². The largest absolute Gasteiger partial charge is 0.381 e. The summed E-state index contributed by atoms with van der Waals surface area (Å²) in [5.41, 5.74) is 0. The molecule has 0 aromatic rings. The van der Waals surface area contributed by atoms with Crippen molar-refractivity contribution < 1.29 is 9.47 Å². The van der Waals surface area contributed by atoms with E-state index in [0.29, 0.717) is 6.04 Å². The van der Waals surface area contributed by atoms with Gasteiger partial charge >= 0.3 is 0 Å². The number of hydrogen-bond acceptors (Lipinski definition) is 3. The lowest BCUT2D eigenvalue weighted by Gasteiger charge is -2.19. The van der Waals surface area contributed by atoms with Crippen molar-refractivity contribution in [3.05, 3.63) is 0 Å². The van der Waals surface area contributed by atoms with Crippen molar-refractivity contribution in [2.75, 3.05) is 26.9 Å². The van der Waals surface area contributed by atoms with Crippen LogP contribution in [0.2, 0.25) is 0 Å². The highest BCUT2D eigenvalue weighted by Gasteiger charge is 2.08. The zero-order valence-electron chi connectivity index (χ0n) is 10.0. The van der Waals surface area contributed by atoms with E-state index in [2.05, 4.69) is 26.1 Å². The quantitative estimate of drug-likeness (QED) is 0.580. The molecule has 0 heterocycles. The summed E-state index contributed by atoms with van der Waals surface area (Å²) < 4.78 is 10.6. The normalized spacial score (nSPS) is 15.4. The summed E-state index contributed by atoms with van der Waals surface area (Å²) in [5, 5.41) is 3.41. The van der Waals surface area contributed by atoms with Gasteiger partial charge in [0.1, 0.15) is 0 Å². The Bertz CT molecular complexity index is 120. The SMILES string of the molecule is CCCOCCCNC(C)C(C)OC. The van der Waals surface area contributed by atoms with E-state index in [1.54, 1.807) is 7.11 Å². The number of hydrogen-bond donors (Lipinski definition) is 1. The van der Waals surface area contributed by atoms with Gasteiger partial charge in [-0.1, -0.05) is 6.92 Å². The molecule has 86 valence electrons. The monoisotopic (exact) mass is 203 g/mol. The van der Waals surface area contributed by atoms with Crippen molar-refractivity contribution >= 4 is 0 Å². The Balaban J connectivity index is 3.18. The fourth-order valence-electron chi connectivity index (χ4n) is 1.12. The van der Waals surface area contributed by atoms with Gasteiger partial charge in [0, 0.05) is 26.4 Å². The van der Waals surface area contributed by atoms with E-state index >= 15 is 0 Å². The minimum absolute atomic E-state index is 0.270. The second-order valence-corrected chi connectivity index (χ2v) is 3.65. The molecule has 0 aromatic heterocycles. The van der Waals surface area contributed by atoms with Crippen molar-refractivity contribution in [2.24, 2.45) is 0 Å². The fraction of sp³-hybridized carbons (Fsp3) is 1.00. The third-order valence-corrected chi connectivity index (χ3v) is 2.36. The molecule has 3 heteroatoms. The second-order valence-electron chi connectivity index (χ2n) is 3.65. The van der Waals surface area contributed by atoms with E-state index in [9.17, 15) is 0 Å². The van der Waals surface area contributed by atoms with Gasteiger partial charge in [-0.25, -0.2) is 0 Å². The van der Waals surface area contributed by atoms with Gasteiger partial charge in [-0.2, -0.15) is 0 Å². The van der Waals surface area contributed by atoms with Crippen LogP contribution in [0.5, 0.6) is 0 Å². The molecule has 2 unspecified atom stereocenters. The van der Waals surface area contributed by atoms with E-state index < -0.39 is 0 Å². The highest BCUT2D eigenvalue weighted by atomic mass is 16.5. The molecule has 0 spiro atoms. The summed E-state index contributed by atoms with van der Waals surface area (Å²) in [4.78, 5) is 0. The fourth-order valence-corrected chi connectivity index (χ4v) is 1.12. The van der Waals surface area contributed by atoms with Crippen LogP contribution in [0.3, 0.4) is 0 Å². The standard InChI is InChI=1S/C11H25NO2/c1-5-8-14-9-6-7-12-10(2)11(3)13-4/h10-12H,5-9H2,1-4H3. The highest BCUT2D eigenvalue weighted by Crippen LogP contribution is 1.95. The average Bonchev–Trinajstić information content (AvgIpc) is 2.21. The molecule has 2 atom stereocenters. The summed E-state index contributed by atoms with van der Waals surface area (Å²) in [7, 11) is 1.74. The summed E-state index contributed by atoms with van der Waals surface area (Å²) in [6.45, 7) is 9.07. The van der Waals surface area contributed by atoms with Crippen molar-refractivity contribution in [3.63, 3.8) is 0 Å². The van der Waals surface area contributed by atoms with Crippen LogP contribution in [-0.4, -0.2) is 39.0 Å². The third kappa shape index (κ3) is 7.30. The van der Waals surface area contributed by atoms with Gasteiger partial charge in [0.15, 0.2) is 0 Å². The van der Waals surface area contributed by atoms with Crippen LogP contribution in [0.4, 0.5) is 0 Å². The minimum Gasteiger partial charge on any atom is -0.381 e. The molecule has 0 amide bonds. The zero-order chi connectivity index (χ0) is 10.8. The Morgan fingerprint density at radius 3 is 2.50 bits per heavy atom. The number of rotatable bonds is 9. The Labute approximate surface area is 88.2 Å². The summed E-state index contributed by atoms with van der Waals surface area (Å²) >= 11 is 0. The van der Waals surface area contributed by atoms with Crippen LogP contribution in [0.1, 0.15) is 33.6 Å². The Hall–Kier alpha value is -0.120. The first kappa shape index (κ1) is 13.9. The molecule has 0 aliphatic heterocycles. The Kier molecular flexibility index (Phi) is 9.35. The predicted molar refractivity (Wildman–Crippen MR) is 59.7 cm³/mol. The molecule has 0 saturated heterocycles. The second kappa shape index (κ2) is 9.44. The van der Waals surface area contributed by atoms with Gasteiger partial charge in [-0.05, 0) is 33.2 Å². The van der Waals surface area contributed by atoms with Crippen molar-refractivity contribution in [1.82, 2.24) is 5.32 Å². The first-order valence-electron chi connectivity index (χ1n) is 5.56. The van der Waals surface area contributed by atoms with Gasteiger partial charge in [0.25, 0.3) is 0 Å². The molecule has 0 radical (unpaired) electrons. The van der Waals surface area contributed by atoms with E-state index in [4.69, 9.17) is 9.47 Å². The van der Waals surface area contributed by atoms with Gasteiger partial charge in [0.2, 0.25) is 0 Å². The summed E-state index contributed by atoms with van der Waals surface area (Å²) in [6.07, 6.45) is 2.44. The predicted octanol–water partition coefficient (Wildman–Crippen LogP) is 1.82. The van der Waals surface area contributed by atoms with Crippen LogP contribution in [0.15, 0.2) is 0 Å². The molecule has 1 N–H and O–H groups in total. The van der Waals surface area contributed by atoms with Crippen molar-refractivity contribution in [3.8, 4) is 0 Å². The minimum atomic E-state index is 0.270. The molecular formula is C11H25NO2. The lowest BCUT2D eigenvalue weighted by atomic mass is 10.2. The zero-order valence-corrected chi connectivity index (χ0v) is 10.0. The molecular weight excluding hydrogens is 178 g/mol. The number of nitrogens with one attached hydrogen (secondary N) is 1. The summed E-state index contributed by atoms with van der Waals surface area (Å²) in [5.74, 6) is 0. The smallest absolute Gasteiger partial charge is 0.0693 e.